The minimum Gasteiger partial charge on any atom is -0.339 e. The largest absolute Gasteiger partial charge is 0.339 e. The number of aromatic nitrogens is 1. The molecule has 0 unspecified atom stereocenters. The summed E-state index contributed by atoms with van der Waals surface area (Å²) in [7, 11) is 0. The lowest BCUT2D eigenvalue weighted by Crippen LogP contribution is -2.35. The molecule has 0 saturated carbocycles. The number of halogens is 2. The lowest BCUT2D eigenvalue weighted by atomic mass is 10.1. The number of hydrogen-bond acceptors (Lipinski definition) is 3. The summed E-state index contributed by atoms with van der Waals surface area (Å²) in [6.45, 7) is 1.49. The van der Waals surface area contributed by atoms with Crippen molar-refractivity contribution in [2.75, 3.05) is 18.4 Å². The number of likely N-dealkylation sites (tertiary alicyclic amines) is 1. The summed E-state index contributed by atoms with van der Waals surface area (Å²) >= 11 is 12.0. The van der Waals surface area contributed by atoms with Gasteiger partial charge in [0.15, 0.2) is 0 Å². The number of pyridine rings is 1. The van der Waals surface area contributed by atoms with E-state index in [2.05, 4.69) is 10.3 Å². The average Bonchev–Trinajstić information content (AvgIpc) is 2.65. The van der Waals surface area contributed by atoms with E-state index in [1.54, 1.807) is 29.2 Å². The molecule has 0 spiro atoms. The van der Waals surface area contributed by atoms with Crippen LogP contribution in [0.2, 0.25) is 10.0 Å². The van der Waals surface area contributed by atoms with Crippen molar-refractivity contribution >= 4 is 40.7 Å². The zero-order chi connectivity index (χ0) is 17.8. The van der Waals surface area contributed by atoms with E-state index >= 15 is 0 Å². The van der Waals surface area contributed by atoms with Crippen LogP contribution in [0.25, 0.3) is 0 Å². The fourth-order valence-corrected chi connectivity index (χ4v) is 3.09. The van der Waals surface area contributed by atoms with Crippen molar-refractivity contribution < 1.29 is 9.59 Å². The third-order valence-electron chi connectivity index (χ3n) is 4.07. The molecule has 130 valence electrons. The molecule has 7 heteroatoms. The Labute approximate surface area is 155 Å². The van der Waals surface area contributed by atoms with Gasteiger partial charge in [0.2, 0.25) is 0 Å². The molecule has 1 aliphatic rings. The minimum absolute atomic E-state index is 0.0948. The first kappa shape index (κ1) is 17.7. The number of nitrogens with zero attached hydrogens (tertiary/aromatic N) is 2. The van der Waals surface area contributed by atoms with Crippen molar-refractivity contribution in [1.82, 2.24) is 9.88 Å². The average molecular weight is 378 g/mol. The molecular weight excluding hydrogens is 361 g/mol. The summed E-state index contributed by atoms with van der Waals surface area (Å²) in [5.41, 5.74) is 1.11. The van der Waals surface area contributed by atoms with E-state index in [0.29, 0.717) is 26.9 Å². The Morgan fingerprint density at radius 3 is 2.48 bits per heavy atom. The van der Waals surface area contributed by atoms with Crippen LogP contribution in [0.3, 0.4) is 0 Å². The topological polar surface area (TPSA) is 62.3 Å². The number of carbonyl (C=O) groups is 2. The Hall–Kier alpha value is -2.11. The number of piperidine rings is 1. The normalized spacial score (nSPS) is 14.2. The van der Waals surface area contributed by atoms with Gasteiger partial charge in [0.25, 0.3) is 11.8 Å². The van der Waals surface area contributed by atoms with E-state index in [-0.39, 0.29) is 5.91 Å². The van der Waals surface area contributed by atoms with Crippen LogP contribution < -0.4 is 5.32 Å². The fourth-order valence-electron chi connectivity index (χ4n) is 2.75. The second-order valence-electron chi connectivity index (χ2n) is 5.89. The van der Waals surface area contributed by atoms with Crippen LogP contribution in [0, 0.1) is 0 Å². The molecule has 0 atom stereocenters. The van der Waals surface area contributed by atoms with Crippen molar-refractivity contribution in [2.24, 2.45) is 0 Å². The van der Waals surface area contributed by atoms with Crippen LogP contribution in [0.1, 0.15) is 40.0 Å². The minimum atomic E-state index is -0.398. The molecule has 2 aromatic rings. The monoisotopic (exact) mass is 377 g/mol. The Kier molecular flexibility index (Phi) is 5.56. The summed E-state index contributed by atoms with van der Waals surface area (Å²) in [4.78, 5) is 30.8. The first-order valence-corrected chi connectivity index (χ1v) is 8.81. The zero-order valence-corrected chi connectivity index (χ0v) is 15.0. The summed E-state index contributed by atoms with van der Waals surface area (Å²) in [6, 6.07) is 6.36. The van der Waals surface area contributed by atoms with Crippen molar-refractivity contribution in [3.8, 4) is 0 Å². The second kappa shape index (κ2) is 7.85. The SMILES string of the molecule is O=C(Nc1cc(Cl)ccc1Cl)c1cncc(C(=O)N2CCCCC2)c1. The number of benzene rings is 1. The highest BCUT2D eigenvalue weighted by Crippen LogP contribution is 2.26. The molecule has 3 rings (SSSR count). The smallest absolute Gasteiger partial charge is 0.257 e. The first-order chi connectivity index (χ1) is 12.0. The Bertz CT molecular complexity index is 805. The number of nitrogens with one attached hydrogen (secondary N) is 1. The Morgan fingerprint density at radius 1 is 1.00 bits per heavy atom. The van der Waals surface area contributed by atoms with Gasteiger partial charge in [-0.05, 0) is 43.5 Å². The van der Waals surface area contributed by atoms with Crippen LogP contribution >= 0.6 is 23.2 Å². The molecule has 2 heterocycles. The molecular formula is C18H17Cl2N3O2. The molecule has 1 saturated heterocycles. The van der Waals surface area contributed by atoms with Gasteiger partial charge in [-0.25, -0.2) is 0 Å². The van der Waals surface area contributed by atoms with Crippen LogP contribution in [-0.2, 0) is 0 Å². The lowest BCUT2D eigenvalue weighted by Gasteiger charge is -2.26. The van der Waals surface area contributed by atoms with E-state index in [1.165, 1.54) is 12.4 Å². The van der Waals surface area contributed by atoms with Gasteiger partial charge >= 0.3 is 0 Å². The molecule has 1 N–H and O–H groups in total. The molecule has 1 aromatic carbocycles. The number of carbonyl (C=O) groups excluding carboxylic acids is 2. The highest BCUT2D eigenvalue weighted by Gasteiger charge is 2.20. The predicted molar refractivity (Wildman–Crippen MR) is 98.4 cm³/mol. The standard InChI is InChI=1S/C18H17Cl2N3O2/c19-14-4-5-15(20)16(9-14)22-17(24)12-8-13(11-21-10-12)18(25)23-6-2-1-3-7-23/h4-5,8-11H,1-3,6-7H2,(H,22,24). The number of rotatable bonds is 3. The maximum atomic E-state index is 12.5. The van der Waals surface area contributed by atoms with Crippen LogP contribution in [0.4, 0.5) is 5.69 Å². The van der Waals surface area contributed by atoms with Gasteiger partial charge in [-0.15, -0.1) is 0 Å². The highest BCUT2D eigenvalue weighted by molar-refractivity contribution is 6.35. The predicted octanol–water partition coefficient (Wildman–Crippen LogP) is 4.27. The molecule has 25 heavy (non-hydrogen) atoms. The van der Waals surface area contributed by atoms with Gasteiger partial charge in [0.1, 0.15) is 0 Å². The third kappa shape index (κ3) is 4.30. The maximum absolute atomic E-state index is 12.5. The van der Waals surface area contributed by atoms with E-state index < -0.39 is 5.91 Å². The van der Waals surface area contributed by atoms with E-state index in [1.807, 2.05) is 0 Å². The maximum Gasteiger partial charge on any atom is 0.257 e. The summed E-state index contributed by atoms with van der Waals surface area (Å²) < 4.78 is 0. The Morgan fingerprint density at radius 2 is 1.72 bits per heavy atom. The molecule has 0 aliphatic carbocycles. The van der Waals surface area contributed by atoms with Gasteiger partial charge in [-0.3, -0.25) is 14.6 Å². The number of amides is 2. The van der Waals surface area contributed by atoms with E-state index in [0.717, 1.165) is 32.4 Å². The van der Waals surface area contributed by atoms with Gasteiger partial charge in [-0.1, -0.05) is 23.2 Å². The van der Waals surface area contributed by atoms with Crippen molar-refractivity contribution in [1.29, 1.82) is 0 Å². The molecule has 1 aliphatic heterocycles. The van der Waals surface area contributed by atoms with Gasteiger partial charge in [0.05, 0.1) is 21.8 Å². The van der Waals surface area contributed by atoms with Crippen LogP contribution in [0.15, 0.2) is 36.7 Å². The summed E-state index contributed by atoms with van der Waals surface area (Å²) in [5.74, 6) is -0.493. The van der Waals surface area contributed by atoms with Crippen LogP contribution in [-0.4, -0.2) is 34.8 Å². The van der Waals surface area contributed by atoms with Crippen molar-refractivity contribution in [2.45, 2.75) is 19.3 Å². The number of anilines is 1. The zero-order valence-electron chi connectivity index (χ0n) is 13.5. The highest BCUT2D eigenvalue weighted by atomic mass is 35.5. The van der Waals surface area contributed by atoms with Crippen LogP contribution in [0.5, 0.6) is 0 Å². The third-order valence-corrected chi connectivity index (χ3v) is 4.63. The van der Waals surface area contributed by atoms with Crippen molar-refractivity contribution in [3.63, 3.8) is 0 Å². The molecule has 1 fully saturated rings. The quantitative estimate of drug-likeness (QED) is 0.868. The lowest BCUT2D eigenvalue weighted by molar-refractivity contribution is 0.0724. The van der Waals surface area contributed by atoms with Gasteiger partial charge in [0, 0.05) is 30.5 Å². The van der Waals surface area contributed by atoms with Gasteiger partial charge in [-0.2, -0.15) is 0 Å². The molecule has 0 radical (unpaired) electrons. The molecule has 1 aromatic heterocycles. The van der Waals surface area contributed by atoms with Crippen molar-refractivity contribution in [3.05, 3.63) is 57.8 Å². The van der Waals surface area contributed by atoms with E-state index in [4.69, 9.17) is 23.2 Å². The number of hydrogen-bond donors (Lipinski definition) is 1. The molecule has 2 amide bonds. The first-order valence-electron chi connectivity index (χ1n) is 8.05. The molecule has 0 bridgehead atoms. The fraction of sp³-hybridized carbons (Fsp3) is 0.278. The Balaban J connectivity index is 1.77. The van der Waals surface area contributed by atoms with Gasteiger partial charge < -0.3 is 10.2 Å². The second-order valence-corrected chi connectivity index (χ2v) is 6.74. The summed E-state index contributed by atoms with van der Waals surface area (Å²) in [6.07, 6.45) is 6.06. The van der Waals surface area contributed by atoms with E-state index in [9.17, 15) is 9.59 Å². The molecule has 5 nitrogen and oxygen atoms in total. The summed E-state index contributed by atoms with van der Waals surface area (Å²) in [5, 5.41) is 3.54.